The van der Waals surface area contributed by atoms with Gasteiger partial charge in [-0.2, -0.15) is 20.2 Å². The monoisotopic (exact) mass is 747 g/mol. The van der Waals surface area contributed by atoms with Gasteiger partial charge in [-0.3, -0.25) is 23.9 Å². The molecule has 1 aliphatic rings. The van der Waals surface area contributed by atoms with E-state index in [1.807, 2.05) is 85.8 Å². The zero-order valence-corrected chi connectivity index (χ0v) is 32.4. The molecule has 1 N–H and O–H groups in total. The van der Waals surface area contributed by atoms with Gasteiger partial charge >= 0.3 is 0 Å². The van der Waals surface area contributed by atoms with E-state index in [-0.39, 0.29) is 12.5 Å². The van der Waals surface area contributed by atoms with Crippen LogP contribution in [0, 0.1) is 13.8 Å². The molecule has 2 aromatic carbocycles. The van der Waals surface area contributed by atoms with Gasteiger partial charge in [0, 0.05) is 65.5 Å². The minimum atomic E-state index is -0.397. The number of aromatic nitrogens is 8. The SMILES string of the molecule is CCn1nc(C)cc1C(=O)N=c1n(C)c2cccc(CO)c2n1C/C=C/Cn1c(=NC(=O)c2cc(C)nn2CC)n(C)c2cccc(CN3CCOCC3)c21. The number of ether oxygens (including phenoxy) is 1. The van der Waals surface area contributed by atoms with Gasteiger partial charge in [0.05, 0.1) is 53.3 Å². The lowest BCUT2D eigenvalue weighted by Gasteiger charge is -2.27. The third kappa shape index (κ3) is 7.30. The van der Waals surface area contributed by atoms with E-state index in [0.29, 0.717) is 62.0 Å². The molecule has 1 fully saturated rings. The first-order chi connectivity index (χ1) is 26.6. The Morgan fingerprint density at radius 1 is 0.764 bits per heavy atom. The number of hydrogen-bond donors (Lipinski definition) is 1. The molecule has 0 spiro atoms. The minimum Gasteiger partial charge on any atom is -0.392 e. The van der Waals surface area contributed by atoms with Gasteiger partial charge in [-0.1, -0.05) is 36.4 Å². The van der Waals surface area contributed by atoms with Crippen molar-refractivity contribution in [2.45, 2.75) is 67.0 Å². The van der Waals surface area contributed by atoms with Crippen molar-refractivity contribution in [2.75, 3.05) is 26.3 Å². The largest absolute Gasteiger partial charge is 0.392 e. The number of aryl methyl sites for hydroxylation is 6. The second-order valence-electron chi connectivity index (χ2n) is 13.8. The molecule has 15 heteroatoms. The van der Waals surface area contributed by atoms with E-state index in [0.717, 1.165) is 64.2 Å². The third-order valence-corrected chi connectivity index (χ3v) is 10.2. The van der Waals surface area contributed by atoms with E-state index in [1.165, 1.54) is 0 Å². The molecule has 0 bridgehead atoms. The Morgan fingerprint density at radius 2 is 1.24 bits per heavy atom. The highest BCUT2D eigenvalue weighted by atomic mass is 16.5. The quantitative estimate of drug-likeness (QED) is 0.200. The maximum Gasteiger partial charge on any atom is 0.298 e. The van der Waals surface area contributed by atoms with Crippen LogP contribution in [0.4, 0.5) is 0 Å². The molecule has 0 unspecified atom stereocenters. The van der Waals surface area contributed by atoms with Gasteiger partial charge in [-0.05, 0) is 57.5 Å². The van der Waals surface area contributed by atoms with Crippen molar-refractivity contribution in [2.24, 2.45) is 24.1 Å². The summed E-state index contributed by atoms with van der Waals surface area (Å²) in [5.74, 6) is -0.759. The van der Waals surface area contributed by atoms with Gasteiger partial charge in [0.1, 0.15) is 11.4 Å². The number of aliphatic hydroxyl groups excluding tert-OH is 1. The fourth-order valence-corrected chi connectivity index (χ4v) is 7.54. The average Bonchev–Trinajstić information content (AvgIpc) is 3.92. The van der Waals surface area contributed by atoms with Crippen LogP contribution in [0.1, 0.15) is 57.3 Å². The predicted octanol–water partition coefficient (Wildman–Crippen LogP) is 3.39. The summed E-state index contributed by atoms with van der Waals surface area (Å²) in [6.45, 7) is 13.1. The highest BCUT2D eigenvalue weighted by Gasteiger charge is 2.20. The first kappa shape index (κ1) is 37.7. The number of para-hydroxylation sites is 2. The van der Waals surface area contributed by atoms with Crippen LogP contribution < -0.4 is 11.2 Å². The summed E-state index contributed by atoms with van der Waals surface area (Å²) >= 11 is 0. The van der Waals surface area contributed by atoms with Crippen molar-refractivity contribution in [3.05, 3.63) is 106 Å². The van der Waals surface area contributed by atoms with E-state index in [1.54, 1.807) is 21.5 Å². The zero-order chi connectivity index (χ0) is 38.8. The van der Waals surface area contributed by atoms with Crippen molar-refractivity contribution in [1.29, 1.82) is 0 Å². The summed E-state index contributed by atoms with van der Waals surface area (Å²) in [6, 6.07) is 15.5. The second kappa shape index (κ2) is 16.0. The van der Waals surface area contributed by atoms with Gasteiger partial charge in [0.25, 0.3) is 11.8 Å². The Balaban J connectivity index is 1.32. The number of fused-ring (bicyclic) bond motifs is 2. The number of benzene rings is 2. The molecule has 0 saturated carbocycles. The number of aliphatic hydroxyl groups is 1. The second-order valence-corrected chi connectivity index (χ2v) is 13.8. The lowest BCUT2D eigenvalue weighted by molar-refractivity contribution is 0.0343. The van der Waals surface area contributed by atoms with Crippen LogP contribution in [0.3, 0.4) is 0 Å². The first-order valence-electron chi connectivity index (χ1n) is 18.8. The number of amides is 2. The molecule has 4 aromatic heterocycles. The van der Waals surface area contributed by atoms with E-state index in [4.69, 9.17) is 9.73 Å². The Hall–Kier alpha value is -5.64. The van der Waals surface area contributed by atoms with Crippen LogP contribution in [-0.4, -0.2) is 86.0 Å². The number of hydrogen-bond acceptors (Lipinski definition) is 7. The van der Waals surface area contributed by atoms with E-state index in [9.17, 15) is 14.7 Å². The van der Waals surface area contributed by atoms with Crippen molar-refractivity contribution in [3.8, 4) is 0 Å². The highest BCUT2D eigenvalue weighted by Crippen LogP contribution is 2.22. The number of morpholine rings is 1. The number of nitrogens with zero attached hydrogens (tertiary/aromatic N) is 11. The van der Waals surface area contributed by atoms with E-state index in [2.05, 4.69) is 42.9 Å². The molecular weight excluding hydrogens is 699 g/mol. The summed E-state index contributed by atoms with van der Waals surface area (Å²) in [5.41, 5.74) is 8.76. The molecular formula is C40H49N11O4. The van der Waals surface area contributed by atoms with Crippen molar-refractivity contribution >= 4 is 33.9 Å². The van der Waals surface area contributed by atoms with Gasteiger partial charge in [-0.25, -0.2) is 0 Å². The highest BCUT2D eigenvalue weighted by molar-refractivity contribution is 5.94. The fraction of sp³-hybridized carbons (Fsp3) is 0.400. The van der Waals surface area contributed by atoms with Crippen LogP contribution in [0.15, 0.2) is 70.7 Å². The number of carbonyl (C=O) groups excluding carboxylic acids is 2. The number of carbonyl (C=O) groups is 2. The summed E-state index contributed by atoms with van der Waals surface area (Å²) in [5, 5.41) is 19.3. The number of allylic oxidation sites excluding steroid dienone is 2. The van der Waals surface area contributed by atoms with Crippen molar-refractivity contribution < 1.29 is 19.4 Å². The Labute approximate surface area is 318 Å². The number of rotatable bonds is 11. The van der Waals surface area contributed by atoms with Crippen LogP contribution in [-0.2, 0) is 58.2 Å². The predicted molar refractivity (Wildman–Crippen MR) is 208 cm³/mol. The van der Waals surface area contributed by atoms with Gasteiger partial charge < -0.3 is 28.1 Å². The molecule has 288 valence electrons. The molecule has 0 aliphatic carbocycles. The normalized spacial score (nSPS) is 14.7. The molecule has 7 rings (SSSR count). The molecule has 5 heterocycles. The van der Waals surface area contributed by atoms with Crippen LogP contribution in [0.5, 0.6) is 0 Å². The molecule has 15 nitrogen and oxygen atoms in total. The summed E-state index contributed by atoms with van der Waals surface area (Å²) in [6.07, 6.45) is 4.07. The van der Waals surface area contributed by atoms with Gasteiger partial charge in [0.15, 0.2) is 0 Å². The lowest BCUT2D eigenvalue weighted by Crippen LogP contribution is -2.35. The molecule has 0 radical (unpaired) electrons. The van der Waals surface area contributed by atoms with Gasteiger partial charge in [0.2, 0.25) is 11.2 Å². The van der Waals surface area contributed by atoms with E-state index >= 15 is 0 Å². The maximum absolute atomic E-state index is 13.8. The number of imidazole rings is 2. The van der Waals surface area contributed by atoms with Crippen LogP contribution >= 0.6 is 0 Å². The summed E-state index contributed by atoms with van der Waals surface area (Å²) < 4.78 is 16.9. The smallest absolute Gasteiger partial charge is 0.298 e. The van der Waals surface area contributed by atoms with E-state index < -0.39 is 5.91 Å². The van der Waals surface area contributed by atoms with Crippen LogP contribution in [0.2, 0.25) is 0 Å². The minimum absolute atomic E-state index is 0.173. The average molecular weight is 748 g/mol. The van der Waals surface area contributed by atoms with Gasteiger partial charge in [-0.15, -0.1) is 0 Å². The van der Waals surface area contributed by atoms with Crippen molar-refractivity contribution in [3.63, 3.8) is 0 Å². The maximum atomic E-state index is 13.8. The Morgan fingerprint density at radius 3 is 1.71 bits per heavy atom. The zero-order valence-electron chi connectivity index (χ0n) is 32.4. The molecule has 0 atom stereocenters. The summed E-state index contributed by atoms with van der Waals surface area (Å²) in [4.78, 5) is 39.2. The standard InChI is InChI=1S/C40H49N11O4/c1-7-50-33(23-27(3)43-50)37(53)41-39-45(5)31-15-11-13-29(25-47-19-21-55-22-20-47)35(31)48(39)17-9-10-18-49-36-30(26-52)14-12-16-32(36)46(6)40(49)42-38(54)34-24-28(4)44-51(34)8-2/h9-16,23-24,52H,7-8,17-22,25-26H2,1-6H3/b10-9+,41-39?,42-40?. The molecule has 2 amide bonds. The molecule has 6 aromatic rings. The fourth-order valence-electron chi connectivity index (χ4n) is 7.54. The Kier molecular flexibility index (Phi) is 11.0. The van der Waals surface area contributed by atoms with Crippen LogP contribution in [0.25, 0.3) is 22.1 Å². The molecule has 1 aliphatic heterocycles. The first-order valence-corrected chi connectivity index (χ1v) is 18.8. The Bertz CT molecular complexity index is 2570. The lowest BCUT2D eigenvalue weighted by atomic mass is 10.1. The topological polar surface area (TPSA) is 147 Å². The molecule has 55 heavy (non-hydrogen) atoms. The third-order valence-electron chi connectivity index (χ3n) is 10.2. The van der Waals surface area contributed by atoms with Crippen molar-refractivity contribution in [1.82, 2.24) is 42.7 Å². The molecule has 1 saturated heterocycles. The summed E-state index contributed by atoms with van der Waals surface area (Å²) in [7, 11) is 3.81.